The van der Waals surface area contributed by atoms with Gasteiger partial charge in [0, 0.05) is 12.1 Å². The second kappa shape index (κ2) is 7.23. The van der Waals surface area contributed by atoms with E-state index < -0.39 is 39.9 Å². The lowest BCUT2D eigenvalue weighted by atomic mass is 9.57. The van der Waals surface area contributed by atoms with Crippen LogP contribution in [0.1, 0.15) is 50.0 Å². The number of carbonyl (C=O) groups is 4. The Balaban J connectivity index is 2.17. The smallest absolute Gasteiger partial charge is 0.298 e. The molecule has 0 bridgehead atoms. The average Bonchev–Trinajstić information content (AvgIpc) is 3.00. The first kappa shape index (κ1) is 22.0. The number of nitrogens with zero attached hydrogens (tertiary/aromatic N) is 1. The lowest BCUT2D eigenvalue weighted by molar-refractivity contribution is -0.158. The van der Waals surface area contributed by atoms with E-state index in [9.17, 15) is 24.0 Å². The summed E-state index contributed by atoms with van der Waals surface area (Å²) in [4.78, 5) is 64.5. The highest BCUT2D eigenvalue weighted by molar-refractivity contribution is 7.16. The Morgan fingerprint density at radius 3 is 2.20 bits per heavy atom. The van der Waals surface area contributed by atoms with Crippen molar-refractivity contribution in [2.45, 2.75) is 47.6 Å². The van der Waals surface area contributed by atoms with Crippen molar-refractivity contribution in [2.75, 3.05) is 0 Å². The van der Waals surface area contributed by atoms with E-state index in [0.29, 0.717) is 24.0 Å². The number of aryl methyl sites for hydroxylation is 2. The van der Waals surface area contributed by atoms with Crippen LogP contribution in [-0.2, 0) is 20.9 Å². The third-order valence-corrected chi connectivity index (χ3v) is 7.00. The summed E-state index contributed by atoms with van der Waals surface area (Å²) in [6.07, 6.45) is 2.30. The van der Waals surface area contributed by atoms with Gasteiger partial charge in [-0.3, -0.25) is 28.5 Å². The number of allylic oxidation sites excluding steroid dienone is 1. The minimum atomic E-state index is -1.53. The van der Waals surface area contributed by atoms with Crippen LogP contribution < -0.4 is 4.87 Å². The normalized spacial score (nSPS) is 18.8. The molecule has 30 heavy (non-hydrogen) atoms. The fourth-order valence-electron chi connectivity index (χ4n) is 4.26. The lowest BCUT2D eigenvalue weighted by Crippen LogP contribution is -2.59. The number of Topliss-reactive ketones (excluding diaryl/α,β-unsaturated/α-hetero) is 4. The number of hydrogen-bond donors (Lipinski definition) is 0. The zero-order chi connectivity index (χ0) is 22.6. The summed E-state index contributed by atoms with van der Waals surface area (Å²) in [6.45, 7) is 11.7. The molecule has 0 spiro atoms. The zero-order valence-corrected chi connectivity index (χ0v) is 18.6. The van der Waals surface area contributed by atoms with Gasteiger partial charge < -0.3 is 0 Å². The third-order valence-electron chi connectivity index (χ3n) is 6.06. The molecule has 0 amide bonds. The predicted octanol–water partition coefficient (Wildman–Crippen LogP) is 3.52. The number of hydrogen-bond acceptors (Lipinski definition) is 6. The average molecular weight is 428 g/mol. The molecule has 1 aliphatic carbocycles. The van der Waals surface area contributed by atoms with Gasteiger partial charge in [0.15, 0.2) is 23.1 Å². The Morgan fingerprint density at radius 1 is 1.10 bits per heavy atom. The Kier molecular flexibility index (Phi) is 5.31. The first-order valence-electron chi connectivity index (χ1n) is 9.79. The van der Waals surface area contributed by atoms with Gasteiger partial charge in [-0.1, -0.05) is 17.4 Å². The van der Waals surface area contributed by atoms with E-state index in [1.165, 1.54) is 27.7 Å². The molecule has 1 fully saturated rings. The first-order chi connectivity index (χ1) is 13.9. The molecule has 0 saturated heterocycles. The molecule has 1 aliphatic rings. The van der Waals surface area contributed by atoms with Crippen LogP contribution in [0.5, 0.6) is 0 Å². The Bertz CT molecular complexity index is 1150. The molecule has 0 atom stereocenters. The molecule has 7 heteroatoms. The maximum atomic E-state index is 13.4. The molecule has 1 aromatic carbocycles. The summed E-state index contributed by atoms with van der Waals surface area (Å²) in [7, 11) is 0. The maximum absolute atomic E-state index is 13.4. The quantitative estimate of drug-likeness (QED) is 0.414. The number of rotatable bonds is 5. The number of ketones is 4. The van der Waals surface area contributed by atoms with Crippen molar-refractivity contribution < 1.29 is 19.2 Å². The highest BCUT2D eigenvalue weighted by atomic mass is 32.1. The summed E-state index contributed by atoms with van der Waals surface area (Å²) in [5.74, 6) is -3.97. The van der Waals surface area contributed by atoms with Crippen LogP contribution in [-0.4, -0.2) is 27.7 Å². The summed E-state index contributed by atoms with van der Waals surface area (Å²) >= 11 is 1.08. The highest BCUT2D eigenvalue weighted by Crippen LogP contribution is 2.42. The summed E-state index contributed by atoms with van der Waals surface area (Å²) in [5.41, 5.74) is -1.45. The Labute approximate surface area is 178 Å². The number of aromatic nitrogens is 1. The van der Waals surface area contributed by atoms with Crippen molar-refractivity contribution in [3.8, 4) is 0 Å². The Morgan fingerprint density at radius 2 is 1.67 bits per heavy atom. The van der Waals surface area contributed by atoms with Gasteiger partial charge in [-0.05, 0) is 58.7 Å². The fraction of sp³-hybridized carbons (Fsp3) is 0.435. The van der Waals surface area contributed by atoms with E-state index in [1.54, 1.807) is 29.7 Å². The standard InChI is InChI=1S/C23H25NO5S/c1-7-8-11-24-16-12(2)13(9-10-14(16)30-21(24)29)17(25)15-18(26)22(3,4)20(28)23(5,6)19(15)27/h7,9-10,15H,1,8,11H2,2-6H3. The van der Waals surface area contributed by atoms with E-state index in [0.717, 1.165) is 16.0 Å². The second-order valence-corrected chi connectivity index (χ2v) is 9.78. The van der Waals surface area contributed by atoms with Gasteiger partial charge in [-0.25, -0.2) is 0 Å². The molecule has 1 heterocycles. The predicted molar refractivity (Wildman–Crippen MR) is 116 cm³/mol. The van der Waals surface area contributed by atoms with E-state index >= 15 is 0 Å². The maximum Gasteiger partial charge on any atom is 0.308 e. The van der Waals surface area contributed by atoms with E-state index in [4.69, 9.17) is 0 Å². The van der Waals surface area contributed by atoms with Gasteiger partial charge >= 0.3 is 4.87 Å². The van der Waals surface area contributed by atoms with Crippen molar-refractivity contribution in [1.82, 2.24) is 4.57 Å². The van der Waals surface area contributed by atoms with Gasteiger partial charge in [0.2, 0.25) is 0 Å². The molecule has 6 nitrogen and oxygen atoms in total. The third kappa shape index (κ3) is 3.03. The van der Waals surface area contributed by atoms with Crippen LogP contribution in [0.15, 0.2) is 29.6 Å². The number of benzene rings is 1. The van der Waals surface area contributed by atoms with Crippen LogP contribution >= 0.6 is 11.3 Å². The summed E-state index contributed by atoms with van der Waals surface area (Å²) < 4.78 is 2.32. The van der Waals surface area contributed by atoms with Crippen LogP contribution in [0, 0.1) is 23.7 Å². The van der Waals surface area contributed by atoms with Gasteiger partial charge in [-0.15, -0.1) is 6.58 Å². The molecular weight excluding hydrogens is 402 g/mol. The molecule has 158 valence electrons. The van der Waals surface area contributed by atoms with Gasteiger partial charge in [-0.2, -0.15) is 0 Å². The summed E-state index contributed by atoms with van der Waals surface area (Å²) in [6, 6.07) is 3.23. The Hall–Kier alpha value is -2.67. The number of fused-ring (bicyclic) bond motifs is 1. The van der Waals surface area contributed by atoms with Gasteiger partial charge in [0.1, 0.15) is 5.92 Å². The lowest BCUT2D eigenvalue weighted by Gasteiger charge is -2.40. The van der Waals surface area contributed by atoms with Crippen LogP contribution in [0.4, 0.5) is 0 Å². The summed E-state index contributed by atoms with van der Waals surface area (Å²) in [5, 5.41) is 0. The van der Waals surface area contributed by atoms with Crippen molar-refractivity contribution >= 4 is 44.7 Å². The fourth-order valence-corrected chi connectivity index (χ4v) is 5.24. The number of carbonyl (C=O) groups excluding carboxylic acids is 4. The minimum absolute atomic E-state index is 0.141. The molecular formula is C23H25NO5S. The highest BCUT2D eigenvalue weighted by Gasteiger charge is 2.60. The topological polar surface area (TPSA) is 90.3 Å². The zero-order valence-electron chi connectivity index (χ0n) is 17.8. The van der Waals surface area contributed by atoms with Crippen molar-refractivity contribution in [2.24, 2.45) is 16.7 Å². The molecule has 0 radical (unpaired) electrons. The van der Waals surface area contributed by atoms with Crippen LogP contribution in [0.25, 0.3) is 10.2 Å². The van der Waals surface area contributed by atoms with Crippen molar-refractivity contribution in [3.63, 3.8) is 0 Å². The van der Waals surface area contributed by atoms with E-state index in [-0.39, 0.29) is 10.4 Å². The van der Waals surface area contributed by atoms with Gasteiger partial charge in [0.05, 0.1) is 21.0 Å². The number of thiazole rings is 1. The van der Waals surface area contributed by atoms with E-state index in [2.05, 4.69) is 6.58 Å². The second-order valence-electron chi connectivity index (χ2n) is 8.79. The van der Waals surface area contributed by atoms with E-state index in [1.807, 2.05) is 0 Å². The molecule has 3 rings (SSSR count). The van der Waals surface area contributed by atoms with Crippen molar-refractivity contribution in [1.29, 1.82) is 0 Å². The van der Waals surface area contributed by atoms with Gasteiger partial charge in [0.25, 0.3) is 0 Å². The molecule has 0 unspecified atom stereocenters. The van der Waals surface area contributed by atoms with Crippen LogP contribution in [0.3, 0.4) is 0 Å². The minimum Gasteiger partial charge on any atom is -0.298 e. The first-order valence-corrected chi connectivity index (χ1v) is 10.6. The molecule has 2 aromatic rings. The molecule has 1 aromatic heterocycles. The monoisotopic (exact) mass is 427 g/mol. The molecule has 0 N–H and O–H groups in total. The van der Waals surface area contributed by atoms with Crippen molar-refractivity contribution in [3.05, 3.63) is 45.6 Å². The SMILES string of the molecule is C=CCCn1c(=O)sc2ccc(C(=O)C3C(=O)C(C)(C)C(=O)C(C)(C)C3=O)c(C)c21. The van der Waals surface area contributed by atoms with Crippen LogP contribution in [0.2, 0.25) is 0 Å². The molecule has 1 saturated carbocycles. The molecule has 0 aliphatic heterocycles. The largest absolute Gasteiger partial charge is 0.308 e.